The molecule has 1 N–H and O–H groups in total. The number of para-hydroxylation sites is 1. The summed E-state index contributed by atoms with van der Waals surface area (Å²) in [6.07, 6.45) is 4.19. The Kier molecular flexibility index (Phi) is 5.77. The number of benzene rings is 2. The van der Waals surface area contributed by atoms with Gasteiger partial charge in [-0.3, -0.25) is 9.52 Å². The Bertz CT molecular complexity index is 953. The smallest absolute Gasteiger partial charge is 0.263 e. The van der Waals surface area contributed by atoms with Crippen molar-refractivity contribution in [3.05, 3.63) is 58.6 Å². The molecule has 3 rings (SSSR count). The molecule has 1 amide bonds. The molecule has 144 valence electrons. The van der Waals surface area contributed by atoms with Crippen LogP contribution in [0.3, 0.4) is 0 Å². The summed E-state index contributed by atoms with van der Waals surface area (Å²) in [5.41, 5.74) is 1.60. The molecule has 0 aliphatic heterocycles. The topological polar surface area (TPSA) is 66.5 Å². The lowest BCUT2D eigenvalue weighted by Crippen LogP contribution is -2.35. The predicted molar refractivity (Wildman–Crippen MR) is 108 cm³/mol. The molecule has 1 aliphatic carbocycles. The predicted octanol–water partition coefficient (Wildman–Crippen LogP) is 4.46. The van der Waals surface area contributed by atoms with E-state index in [4.69, 9.17) is 11.6 Å². The van der Waals surface area contributed by atoms with E-state index in [1.165, 1.54) is 12.1 Å². The Morgan fingerprint density at radius 1 is 1.15 bits per heavy atom. The van der Waals surface area contributed by atoms with Gasteiger partial charge in [-0.25, -0.2) is 8.42 Å². The Labute approximate surface area is 165 Å². The molecule has 2 aromatic rings. The van der Waals surface area contributed by atoms with E-state index < -0.39 is 10.0 Å². The molecule has 0 bridgehead atoms. The number of hydrogen-bond acceptors (Lipinski definition) is 3. The van der Waals surface area contributed by atoms with Crippen LogP contribution in [0.25, 0.3) is 0 Å². The summed E-state index contributed by atoms with van der Waals surface area (Å²) in [6, 6.07) is 11.7. The summed E-state index contributed by atoms with van der Waals surface area (Å²) >= 11 is 6.15. The second kappa shape index (κ2) is 7.90. The molecular weight excluding hydrogens is 384 g/mol. The number of carbonyl (C=O) groups is 1. The number of amides is 1. The molecule has 0 spiro atoms. The molecule has 1 fully saturated rings. The van der Waals surface area contributed by atoms with Gasteiger partial charge in [0.1, 0.15) is 4.90 Å². The van der Waals surface area contributed by atoms with Gasteiger partial charge in [-0.05, 0) is 49.6 Å². The van der Waals surface area contributed by atoms with E-state index in [0.717, 1.165) is 31.2 Å². The molecule has 7 heteroatoms. The molecule has 0 aromatic heterocycles. The Hall–Kier alpha value is -2.05. The van der Waals surface area contributed by atoms with Crippen molar-refractivity contribution >= 4 is 33.2 Å². The van der Waals surface area contributed by atoms with E-state index in [9.17, 15) is 13.2 Å². The molecule has 0 heterocycles. The number of anilines is 1. The molecule has 1 aliphatic rings. The van der Waals surface area contributed by atoms with Gasteiger partial charge >= 0.3 is 0 Å². The third-order valence-corrected chi connectivity index (χ3v) is 6.90. The van der Waals surface area contributed by atoms with E-state index in [1.54, 1.807) is 30.1 Å². The number of rotatable bonds is 5. The van der Waals surface area contributed by atoms with Crippen LogP contribution in [0, 0.1) is 6.92 Å². The molecule has 1 saturated carbocycles. The highest BCUT2D eigenvalue weighted by Crippen LogP contribution is 2.28. The van der Waals surface area contributed by atoms with Crippen molar-refractivity contribution in [1.29, 1.82) is 0 Å². The minimum atomic E-state index is -3.92. The Balaban J connectivity index is 1.90. The zero-order chi connectivity index (χ0) is 19.6. The van der Waals surface area contributed by atoms with Crippen LogP contribution in [0.1, 0.15) is 41.6 Å². The summed E-state index contributed by atoms with van der Waals surface area (Å²) < 4.78 is 28.3. The normalized spacial score (nSPS) is 14.9. The molecule has 0 saturated heterocycles. The average molecular weight is 407 g/mol. The van der Waals surface area contributed by atoms with Crippen LogP contribution >= 0.6 is 11.6 Å². The maximum atomic E-state index is 12.9. The lowest BCUT2D eigenvalue weighted by molar-refractivity contribution is 0.0735. The van der Waals surface area contributed by atoms with Crippen molar-refractivity contribution < 1.29 is 13.2 Å². The van der Waals surface area contributed by atoms with Gasteiger partial charge in [0.15, 0.2) is 0 Å². The van der Waals surface area contributed by atoms with E-state index >= 15 is 0 Å². The van der Waals surface area contributed by atoms with Crippen molar-refractivity contribution in [2.45, 2.75) is 43.5 Å². The van der Waals surface area contributed by atoms with Crippen LogP contribution in [0.4, 0.5) is 5.69 Å². The number of nitrogens with zero attached hydrogens (tertiary/aromatic N) is 1. The van der Waals surface area contributed by atoms with E-state index in [2.05, 4.69) is 4.72 Å². The quantitative estimate of drug-likeness (QED) is 0.796. The van der Waals surface area contributed by atoms with Crippen LogP contribution in [0.15, 0.2) is 47.4 Å². The fourth-order valence-electron chi connectivity index (χ4n) is 3.39. The van der Waals surface area contributed by atoms with Crippen LogP contribution in [0.5, 0.6) is 0 Å². The number of sulfonamides is 1. The second-order valence-electron chi connectivity index (χ2n) is 6.92. The number of hydrogen-bond donors (Lipinski definition) is 1. The van der Waals surface area contributed by atoms with Crippen molar-refractivity contribution in [2.24, 2.45) is 0 Å². The number of nitrogens with one attached hydrogen (secondary N) is 1. The maximum absolute atomic E-state index is 12.9. The molecule has 27 heavy (non-hydrogen) atoms. The van der Waals surface area contributed by atoms with Crippen LogP contribution in [-0.4, -0.2) is 32.3 Å². The van der Waals surface area contributed by atoms with Crippen LogP contribution in [-0.2, 0) is 10.0 Å². The fraction of sp³-hybridized carbons (Fsp3) is 0.350. The highest BCUT2D eigenvalue weighted by Gasteiger charge is 2.26. The second-order valence-corrected chi connectivity index (χ2v) is 8.98. The number of halogens is 1. The largest absolute Gasteiger partial charge is 0.339 e. The standard InChI is InChI=1S/C20H23ClN2O3S/c1-14-7-3-6-10-18(14)22-27(25,26)19-13-15(11-12-17(19)21)20(24)23(2)16-8-4-5-9-16/h3,6-7,10-13,16,22H,4-5,8-9H2,1-2H3. The zero-order valence-corrected chi connectivity index (χ0v) is 17.0. The van der Waals surface area contributed by atoms with Gasteiger partial charge in [-0.2, -0.15) is 0 Å². The van der Waals surface area contributed by atoms with Crippen molar-refractivity contribution in [2.75, 3.05) is 11.8 Å². The first-order valence-electron chi connectivity index (χ1n) is 8.95. The SMILES string of the molecule is Cc1ccccc1NS(=O)(=O)c1cc(C(=O)N(C)C2CCCC2)ccc1Cl. The van der Waals surface area contributed by atoms with Gasteiger partial charge in [0.25, 0.3) is 15.9 Å². The van der Waals surface area contributed by atoms with Crippen LogP contribution < -0.4 is 4.72 Å². The summed E-state index contributed by atoms with van der Waals surface area (Å²) in [7, 11) is -2.15. The minimum Gasteiger partial charge on any atom is -0.339 e. The first-order chi connectivity index (χ1) is 12.8. The number of aryl methyl sites for hydroxylation is 1. The molecular formula is C20H23ClN2O3S. The van der Waals surface area contributed by atoms with Gasteiger partial charge in [-0.1, -0.05) is 42.6 Å². The van der Waals surface area contributed by atoms with E-state index in [0.29, 0.717) is 11.3 Å². The highest BCUT2D eigenvalue weighted by molar-refractivity contribution is 7.92. The summed E-state index contributed by atoms with van der Waals surface area (Å²) in [6.45, 7) is 1.82. The van der Waals surface area contributed by atoms with Gasteiger partial charge in [0, 0.05) is 18.7 Å². The molecule has 0 unspecified atom stereocenters. The van der Waals surface area contributed by atoms with E-state index in [-0.39, 0.29) is 21.9 Å². The average Bonchev–Trinajstić information content (AvgIpc) is 3.17. The molecule has 0 radical (unpaired) electrons. The fourth-order valence-corrected chi connectivity index (χ4v) is 5.05. The minimum absolute atomic E-state index is 0.0798. The zero-order valence-electron chi connectivity index (χ0n) is 15.4. The summed E-state index contributed by atoms with van der Waals surface area (Å²) in [5.74, 6) is -0.189. The third kappa shape index (κ3) is 4.28. The highest BCUT2D eigenvalue weighted by atomic mass is 35.5. The summed E-state index contributed by atoms with van der Waals surface area (Å²) in [4.78, 5) is 14.4. The lowest BCUT2D eigenvalue weighted by atomic mass is 10.1. The third-order valence-electron chi connectivity index (χ3n) is 5.05. The van der Waals surface area contributed by atoms with Crippen molar-refractivity contribution in [1.82, 2.24) is 4.90 Å². The van der Waals surface area contributed by atoms with Gasteiger partial charge in [-0.15, -0.1) is 0 Å². The van der Waals surface area contributed by atoms with E-state index in [1.807, 2.05) is 19.1 Å². The maximum Gasteiger partial charge on any atom is 0.263 e. The monoisotopic (exact) mass is 406 g/mol. The van der Waals surface area contributed by atoms with Gasteiger partial charge < -0.3 is 4.90 Å². The summed E-state index contributed by atoms with van der Waals surface area (Å²) in [5, 5.41) is 0.0798. The number of carbonyl (C=O) groups excluding carboxylic acids is 1. The van der Waals surface area contributed by atoms with Crippen LogP contribution in [0.2, 0.25) is 5.02 Å². The van der Waals surface area contributed by atoms with Gasteiger partial charge in [0.2, 0.25) is 0 Å². The first kappa shape index (κ1) is 19.7. The first-order valence-corrected chi connectivity index (χ1v) is 10.8. The van der Waals surface area contributed by atoms with Crippen molar-refractivity contribution in [3.63, 3.8) is 0 Å². The molecule has 2 aromatic carbocycles. The van der Waals surface area contributed by atoms with Gasteiger partial charge in [0.05, 0.1) is 10.7 Å². The molecule has 0 atom stereocenters. The molecule has 5 nitrogen and oxygen atoms in total. The Morgan fingerprint density at radius 2 is 1.81 bits per heavy atom. The Morgan fingerprint density at radius 3 is 2.48 bits per heavy atom. The van der Waals surface area contributed by atoms with Crippen molar-refractivity contribution in [3.8, 4) is 0 Å². The lowest BCUT2D eigenvalue weighted by Gasteiger charge is -2.24.